The van der Waals surface area contributed by atoms with E-state index in [2.05, 4.69) is 4.98 Å². The molecule has 1 atom stereocenters. The lowest BCUT2D eigenvalue weighted by Crippen LogP contribution is -2.39. The second-order valence-corrected chi connectivity index (χ2v) is 5.97. The second-order valence-electron chi connectivity index (χ2n) is 5.97. The summed E-state index contributed by atoms with van der Waals surface area (Å²) in [6.45, 7) is 5.10. The molecule has 1 fully saturated rings. The molecular formula is C17H20N2O3. The van der Waals surface area contributed by atoms with Crippen LogP contribution in [-0.2, 0) is 4.74 Å². The van der Waals surface area contributed by atoms with Gasteiger partial charge in [-0.05, 0) is 37.5 Å². The smallest absolute Gasteiger partial charge is 0.259 e. The van der Waals surface area contributed by atoms with Crippen molar-refractivity contribution in [3.63, 3.8) is 0 Å². The van der Waals surface area contributed by atoms with Crippen LogP contribution in [-0.4, -0.2) is 42.1 Å². The lowest BCUT2D eigenvalue weighted by atomic mass is 10.0. The molecule has 0 radical (unpaired) electrons. The summed E-state index contributed by atoms with van der Waals surface area (Å²) in [5.41, 5.74) is 2.78. The van der Waals surface area contributed by atoms with Crippen molar-refractivity contribution in [2.24, 2.45) is 0 Å². The lowest BCUT2D eigenvalue weighted by molar-refractivity contribution is 0.0710. The van der Waals surface area contributed by atoms with Crippen LogP contribution >= 0.6 is 0 Å². The Labute approximate surface area is 128 Å². The predicted molar refractivity (Wildman–Crippen MR) is 85.4 cm³/mol. The van der Waals surface area contributed by atoms with Crippen LogP contribution in [0, 0.1) is 13.8 Å². The van der Waals surface area contributed by atoms with Gasteiger partial charge in [-0.3, -0.25) is 9.59 Å². The summed E-state index contributed by atoms with van der Waals surface area (Å²) in [4.78, 5) is 30.0. The number of likely N-dealkylation sites (N-methyl/N-ethyl adjacent to an activating group) is 1. The molecule has 1 unspecified atom stereocenters. The molecule has 0 bridgehead atoms. The minimum atomic E-state index is -0.252. The first kappa shape index (κ1) is 14.8. The van der Waals surface area contributed by atoms with Gasteiger partial charge < -0.3 is 14.6 Å². The Hall–Kier alpha value is -2.14. The molecule has 2 aromatic rings. The molecule has 0 aliphatic carbocycles. The lowest BCUT2D eigenvalue weighted by Gasteiger charge is -2.23. The van der Waals surface area contributed by atoms with Gasteiger partial charge in [0.2, 0.25) is 5.43 Å². The fraction of sp³-hybridized carbons (Fsp3) is 0.412. The summed E-state index contributed by atoms with van der Waals surface area (Å²) in [5.74, 6) is -0.252. The second kappa shape index (κ2) is 5.57. The fourth-order valence-electron chi connectivity index (χ4n) is 3.04. The number of fused-ring (bicyclic) bond motifs is 1. The standard InChI is InChI=1S/C17H20N2O3/c1-10-6-11(2)15-13(7-10)16(20)14(8-18-15)17(21)19(3)12-4-5-22-9-12/h6-8,12H,4-5,9H2,1-3H3,(H,18,20). The number of nitrogens with one attached hydrogen (secondary N) is 1. The predicted octanol–water partition coefficient (Wildman–Crippen LogP) is 2.01. The molecule has 5 nitrogen and oxygen atoms in total. The van der Waals surface area contributed by atoms with Crippen molar-refractivity contribution in [2.75, 3.05) is 20.3 Å². The van der Waals surface area contributed by atoms with Gasteiger partial charge in [0.15, 0.2) is 0 Å². The van der Waals surface area contributed by atoms with Crippen molar-refractivity contribution in [1.29, 1.82) is 0 Å². The summed E-state index contributed by atoms with van der Waals surface area (Å²) >= 11 is 0. The molecule has 1 N–H and O–H groups in total. The van der Waals surface area contributed by atoms with Crippen molar-refractivity contribution in [2.45, 2.75) is 26.3 Å². The monoisotopic (exact) mass is 300 g/mol. The molecule has 0 spiro atoms. The summed E-state index contributed by atoms with van der Waals surface area (Å²) in [7, 11) is 1.73. The van der Waals surface area contributed by atoms with Gasteiger partial charge in [-0.25, -0.2) is 0 Å². The van der Waals surface area contributed by atoms with E-state index in [0.29, 0.717) is 18.6 Å². The zero-order chi connectivity index (χ0) is 15.9. The largest absolute Gasteiger partial charge is 0.379 e. The van der Waals surface area contributed by atoms with Crippen LogP contribution in [0.2, 0.25) is 0 Å². The zero-order valence-electron chi connectivity index (χ0n) is 13.1. The van der Waals surface area contributed by atoms with E-state index in [4.69, 9.17) is 4.74 Å². The van der Waals surface area contributed by atoms with E-state index in [1.54, 1.807) is 11.9 Å². The molecule has 1 aromatic carbocycles. The molecule has 1 amide bonds. The molecule has 1 aliphatic heterocycles. The Morgan fingerprint density at radius 1 is 1.36 bits per heavy atom. The van der Waals surface area contributed by atoms with Gasteiger partial charge in [0.25, 0.3) is 5.91 Å². The summed E-state index contributed by atoms with van der Waals surface area (Å²) in [5, 5.41) is 0.569. The Bertz CT molecular complexity index is 788. The number of hydrogen-bond donors (Lipinski definition) is 1. The van der Waals surface area contributed by atoms with E-state index in [1.807, 2.05) is 26.0 Å². The van der Waals surface area contributed by atoms with Crippen LogP contribution in [0.15, 0.2) is 23.1 Å². The maximum absolute atomic E-state index is 12.7. The van der Waals surface area contributed by atoms with Crippen LogP contribution in [0.5, 0.6) is 0 Å². The van der Waals surface area contributed by atoms with Gasteiger partial charge in [0.05, 0.1) is 18.2 Å². The Morgan fingerprint density at radius 3 is 2.82 bits per heavy atom. The van der Waals surface area contributed by atoms with Crippen molar-refractivity contribution >= 4 is 16.8 Å². The SMILES string of the molecule is Cc1cc(C)c2[nH]cc(C(=O)N(C)C3CCOC3)c(=O)c2c1. The number of ether oxygens (including phenoxy) is 1. The van der Waals surface area contributed by atoms with Gasteiger partial charge >= 0.3 is 0 Å². The molecule has 3 rings (SSSR count). The first-order valence-corrected chi connectivity index (χ1v) is 7.46. The van der Waals surface area contributed by atoms with E-state index < -0.39 is 0 Å². The van der Waals surface area contributed by atoms with Crippen molar-refractivity contribution < 1.29 is 9.53 Å². The minimum Gasteiger partial charge on any atom is -0.379 e. The van der Waals surface area contributed by atoms with Crippen molar-refractivity contribution in [1.82, 2.24) is 9.88 Å². The van der Waals surface area contributed by atoms with Crippen molar-refractivity contribution in [3.8, 4) is 0 Å². The maximum Gasteiger partial charge on any atom is 0.259 e. The molecule has 2 heterocycles. The molecule has 1 aromatic heterocycles. The summed E-state index contributed by atoms with van der Waals surface area (Å²) in [6.07, 6.45) is 2.34. The number of benzene rings is 1. The molecule has 116 valence electrons. The average molecular weight is 300 g/mol. The highest BCUT2D eigenvalue weighted by molar-refractivity contribution is 5.97. The van der Waals surface area contributed by atoms with Gasteiger partial charge in [-0.1, -0.05) is 6.07 Å². The number of rotatable bonds is 2. The molecular weight excluding hydrogens is 280 g/mol. The first-order valence-electron chi connectivity index (χ1n) is 7.46. The first-order chi connectivity index (χ1) is 10.5. The number of amides is 1. The number of aromatic amines is 1. The highest BCUT2D eigenvalue weighted by atomic mass is 16.5. The summed E-state index contributed by atoms with van der Waals surface area (Å²) in [6, 6.07) is 3.89. The molecule has 0 saturated carbocycles. The Kier molecular flexibility index (Phi) is 3.74. The zero-order valence-corrected chi connectivity index (χ0v) is 13.1. The molecule has 5 heteroatoms. The topological polar surface area (TPSA) is 62.4 Å². The minimum absolute atomic E-state index is 0.0434. The van der Waals surface area contributed by atoms with E-state index in [-0.39, 0.29) is 22.9 Å². The van der Waals surface area contributed by atoms with E-state index >= 15 is 0 Å². The number of aryl methyl sites for hydroxylation is 2. The van der Waals surface area contributed by atoms with Gasteiger partial charge in [-0.2, -0.15) is 0 Å². The molecule has 1 saturated heterocycles. The quantitative estimate of drug-likeness (QED) is 0.923. The van der Waals surface area contributed by atoms with Crippen LogP contribution in [0.3, 0.4) is 0 Å². The number of hydrogen-bond acceptors (Lipinski definition) is 3. The van der Waals surface area contributed by atoms with Crippen LogP contribution in [0.1, 0.15) is 27.9 Å². The number of carbonyl (C=O) groups is 1. The van der Waals surface area contributed by atoms with Crippen molar-refractivity contribution in [3.05, 3.63) is 45.2 Å². The number of aromatic nitrogens is 1. The highest BCUT2D eigenvalue weighted by Crippen LogP contribution is 2.17. The fourth-order valence-corrected chi connectivity index (χ4v) is 3.04. The number of H-pyrrole nitrogens is 1. The average Bonchev–Trinajstić information content (AvgIpc) is 3.01. The van der Waals surface area contributed by atoms with Crippen LogP contribution < -0.4 is 5.43 Å². The molecule has 1 aliphatic rings. The third kappa shape index (κ3) is 2.41. The van der Waals surface area contributed by atoms with Crippen LogP contribution in [0.25, 0.3) is 10.9 Å². The van der Waals surface area contributed by atoms with Gasteiger partial charge in [0.1, 0.15) is 5.56 Å². The third-order valence-corrected chi connectivity index (χ3v) is 4.33. The highest BCUT2D eigenvalue weighted by Gasteiger charge is 2.26. The van der Waals surface area contributed by atoms with E-state index in [9.17, 15) is 9.59 Å². The third-order valence-electron chi connectivity index (χ3n) is 4.33. The maximum atomic E-state index is 12.7. The van der Waals surface area contributed by atoms with E-state index in [0.717, 1.165) is 23.1 Å². The van der Waals surface area contributed by atoms with E-state index in [1.165, 1.54) is 6.20 Å². The Balaban J connectivity index is 2.06. The Morgan fingerprint density at radius 2 is 2.14 bits per heavy atom. The number of nitrogens with zero attached hydrogens (tertiary/aromatic N) is 1. The number of carbonyl (C=O) groups excluding carboxylic acids is 1. The number of pyridine rings is 1. The van der Waals surface area contributed by atoms with Gasteiger partial charge in [0, 0.05) is 25.2 Å². The molecule has 22 heavy (non-hydrogen) atoms. The normalized spacial score (nSPS) is 17.9. The van der Waals surface area contributed by atoms with Crippen LogP contribution in [0.4, 0.5) is 0 Å². The summed E-state index contributed by atoms with van der Waals surface area (Å²) < 4.78 is 5.32. The van der Waals surface area contributed by atoms with Gasteiger partial charge in [-0.15, -0.1) is 0 Å².